The minimum Gasteiger partial charge on any atom is -0.375 e. The Balaban J connectivity index is 1.86. The summed E-state index contributed by atoms with van der Waals surface area (Å²) >= 11 is 5.89. The summed E-state index contributed by atoms with van der Waals surface area (Å²) in [4.78, 5) is 21.5. The van der Waals surface area contributed by atoms with Gasteiger partial charge in [0, 0.05) is 18.1 Å². The predicted molar refractivity (Wildman–Crippen MR) is 97.5 cm³/mol. The van der Waals surface area contributed by atoms with E-state index in [0.29, 0.717) is 17.5 Å². The molecule has 0 fully saturated rings. The van der Waals surface area contributed by atoms with E-state index in [4.69, 9.17) is 11.6 Å². The van der Waals surface area contributed by atoms with E-state index >= 15 is 0 Å². The fraction of sp³-hybridized carbons (Fsp3) is 0.222. The second-order valence-electron chi connectivity index (χ2n) is 6.56. The highest BCUT2D eigenvalue weighted by atomic mass is 35.5. The van der Waals surface area contributed by atoms with Crippen LogP contribution in [-0.2, 0) is 0 Å². The third kappa shape index (κ3) is 2.73. The lowest BCUT2D eigenvalue weighted by atomic mass is 9.76. The van der Waals surface area contributed by atoms with Gasteiger partial charge in [0.05, 0.1) is 27.1 Å². The van der Waals surface area contributed by atoms with Gasteiger partial charge in [0.25, 0.3) is 11.4 Å². The highest BCUT2D eigenvalue weighted by molar-refractivity contribution is 6.32. The Morgan fingerprint density at radius 2 is 1.85 bits per heavy atom. The second kappa shape index (κ2) is 6.31. The Bertz CT molecular complexity index is 1010. The molecule has 0 saturated heterocycles. The van der Waals surface area contributed by atoms with Crippen molar-refractivity contribution in [2.45, 2.75) is 18.4 Å². The highest BCUT2D eigenvalue weighted by Gasteiger charge is 2.43. The second-order valence-corrected chi connectivity index (χ2v) is 6.96. The van der Waals surface area contributed by atoms with Gasteiger partial charge in [-0.2, -0.15) is 0 Å². The molecule has 0 spiro atoms. The van der Waals surface area contributed by atoms with E-state index in [9.17, 15) is 24.6 Å². The molecule has 0 saturated carbocycles. The highest BCUT2D eigenvalue weighted by Crippen LogP contribution is 2.53. The first kappa shape index (κ1) is 17.4. The fourth-order valence-corrected chi connectivity index (χ4v) is 4.19. The number of anilines is 1. The summed E-state index contributed by atoms with van der Waals surface area (Å²) in [5.74, 6) is -1.07. The summed E-state index contributed by atoms with van der Waals surface area (Å²) < 4.78 is 14.5. The van der Waals surface area contributed by atoms with Gasteiger partial charge in [-0.1, -0.05) is 29.8 Å². The number of nitrogens with one attached hydrogen (secondary N) is 1. The van der Waals surface area contributed by atoms with Gasteiger partial charge in [0.15, 0.2) is 0 Å². The lowest BCUT2D eigenvalue weighted by Crippen LogP contribution is -2.30. The standard InChI is InChI=1S/C18H13ClFN3O4/c19-12-5-4-9(8-15(12)23(26)27)17-11-3-1-2-10(11)16-14(22(24)25)7-6-13(20)18(16)21-17/h1-2,4-8,10-11,17,21H,3H2. The molecule has 1 N–H and O–H groups in total. The number of halogens is 2. The van der Waals surface area contributed by atoms with Crippen LogP contribution in [0.3, 0.4) is 0 Å². The van der Waals surface area contributed by atoms with Crippen LogP contribution in [0.4, 0.5) is 21.5 Å². The van der Waals surface area contributed by atoms with Crippen LogP contribution in [0.25, 0.3) is 0 Å². The zero-order chi connectivity index (χ0) is 19.3. The molecule has 3 unspecified atom stereocenters. The van der Waals surface area contributed by atoms with Crippen molar-refractivity contribution in [1.82, 2.24) is 0 Å². The van der Waals surface area contributed by atoms with Gasteiger partial charge < -0.3 is 5.32 Å². The van der Waals surface area contributed by atoms with Crippen molar-refractivity contribution in [2.75, 3.05) is 5.32 Å². The zero-order valence-electron chi connectivity index (χ0n) is 13.8. The summed E-state index contributed by atoms with van der Waals surface area (Å²) in [6, 6.07) is 6.26. The normalized spacial score (nSPS) is 22.7. The molecule has 2 aromatic carbocycles. The van der Waals surface area contributed by atoms with E-state index in [1.165, 1.54) is 18.2 Å². The smallest absolute Gasteiger partial charge is 0.288 e. The van der Waals surface area contributed by atoms with E-state index in [2.05, 4.69) is 5.32 Å². The third-order valence-corrected chi connectivity index (χ3v) is 5.49. The Morgan fingerprint density at radius 3 is 2.56 bits per heavy atom. The van der Waals surface area contributed by atoms with E-state index in [0.717, 1.165) is 6.07 Å². The quantitative estimate of drug-likeness (QED) is 0.446. The maximum atomic E-state index is 14.5. The van der Waals surface area contributed by atoms with Gasteiger partial charge in [0.2, 0.25) is 0 Å². The van der Waals surface area contributed by atoms with Crippen molar-refractivity contribution in [3.63, 3.8) is 0 Å². The average molecular weight is 390 g/mol. The molecule has 4 rings (SSSR count). The largest absolute Gasteiger partial charge is 0.375 e. The maximum Gasteiger partial charge on any atom is 0.288 e. The Kier molecular flexibility index (Phi) is 4.07. The summed E-state index contributed by atoms with van der Waals surface area (Å²) in [6.07, 6.45) is 4.36. The molecule has 0 amide bonds. The Morgan fingerprint density at radius 1 is 1.11 bits per heavy atom. The molecule has 0 bridgehead atoms. The van der Waals surface area contributed by atoms with Crippen LogP contribution < -0.4 is 5.32 Å². The van der Waals surface area contributed by atoms with Crippen LogP contribution in [0, 0.1) is 32.0 Å². The number of hydrogen-bond donors (Lipinski definition) is 1. The predicted octanol–water partition coefficient (Wildman–Crippen LogP) is 5.12. The third-order valence-electron chi connectivity index (χ3n) is 5.17. The van der Waals surface area contributed by atoms with Gasteiger partial charge in [-0.3, -0.25) is 20.2 Å². The molecule has 0 aromatic heterocycles. The van der Waals surface area contributed by atoms with Gasteiger partial charge in [-0.05, 0) is 30.0 Å². The number of hydrogen-bond acceptors (Lipinski definition) is 5. The molecule has 2 aromatic rings. The Labute approximate surface area is 157 Å². The first-order valence-electron chi connectivity index (χ1n) is 8.22. The van der Waals surface area contributed by atoms with E-state index in [-0.39, 0.29) is 33.9 Å². The van der Waals surface area contributed by atoms with Crippen LogP contribution in [0.15, 0.2) is 42.5 Å². The van der Waals surface area contributed by atoms with Crippen molar-refractivity contribution < 1.29 is 14.2 Å². The molecule has 9 heteroatoms. The molecular formula is C18H13ClFN3O4. The van der Waals surface area contributed by atoms with Gasteiger partial charge in [-0.25, -0.2) is 4.39 Å². The summed E-state index contributed by atoms with van der Waals surface area (Å²) in [5.41, 5.74) is 0.601. The molecule has 138 valence electrons. The SMILES string of the molecule is O=[N+]([O-])c1cc(C2Nc3c(F)ccc([N+](=O)[O-])c3C3C=CCC32)ccc1Cl. The van der Waals surface area contributed by atoms with Crippen LogP contribution in [-0.4, -0.2) is 9.85 Å². The van der Waals surface area contributed by atoms with E-state index in [1.54, 1.807) is 6.07 Å². The molecule has 27 heavy (non-hydrogen) atoms. The molecular weight excluding hydrogens is 377 g/mol. The van der Waals surface area contributed by atoms with Crippen molar-refractivity contribution in [3.8, 4) is 0 Å². The maximum absolute atomic E-state index is 14.5. The molecule has 7 nitrogen and oxygen atoms in total. The molecule has 1 aliphatic heterocycles. The molecule has 0 radical (unpaired) electrons. The molecule has 1 aliphatic carbocycles. The van der Waals surface area contributed by atoms with Crippen LogP contribution in [0.1, 0.15) is 29.5 Å². The molecule has 3 atom stereocenters. The first-order valence-corrected chi connectivity index (χ1v) is 8.60. The minimum absolute atomic E-state index is 0.0166. The number of benzene rings is 2. The summed E-state index contributed by atoms with van der Waals surface area (Å²) in [6.45, 7) is 0. The monoisotopic (exact) mass is 389 g/mol. The lowest BCUT2D eigenvalue weighted by molar-refractivity contribution is -0.385. The molecule has 2 aliphatic rings. The molecule has 1 heterocycles. The van der Waals surface area contributed by atoms with E-state index < -0.39 is 21.7 Å². The number of nitro benzene ring substituents is 2. The van der Waals surface area contributed by atoms with Crippen LogP contribution >= 0.6 is 11.6 Å². The average Bonchev–Trinajstić information content (AvgIpc) is 3.11. The van der Waals surface area contributed by atoms with Crippen LogP contribution in [0.5, 0.6) is 0 Å². The number of rotatable bonds is 3. The summed E-state index contributed by atoms with van der Waals surface area (Å²) in [7, 11) is 0. The van der Waals surface area contributed by atoms with Crippen LogP contribution in [0.2, 0.25) is 5.02 Å². The van der Waals surface area contributed by atoms with Crippen molar-refractivity contribution in [3.05, 3.63) is 84.7 Å². The van der Waals surface area contributed by atoms with Gasteiger partial charge in [-0.15, -0.1) is 0 Å². The topological polar surface area (TPSA) is 98.3 Å². The number of allylic oxidation sites excluding steroid dienone is 2. The zero-order valence-corrected chi connectivity index (χ0v) is 14.5. The van der Waals surface area contributed by atoms with E-state index in [1.807, 2.05) is 12.2 Å². The number of fused-ring (bicyclic) bond motifs is 3. The first-order chi connectivity index (χ1) is 12.9. The number of nitrogens with zero attached hydrogens (tertiary/aromatic N) is 2. The van der Waals surface area contributed by atoms with Gasteiger partial charge in [0.1, 0.15) is 10.8 Å². The summed E-state index contributed by atoms with van der Waals surface area (Å²) in [5, 5.41) is 25.7. The van der Waals surface area contributed by atoms with Crippen molar-refractivity contribution in [1.29, 1.82) is 0 Å². The Hall–Kier alpha value is -3.00. The van der Waals surface area contributed by atoms with Crippen molar-refractivity contribution >= 4 is 28.7 Å². The number of nitro groups is 2. The fourth-order valence-electron chi connectivity index (χ4n) is 4.01. The van der Waals surface area contributed by atoms with Crippen molar-refractivity contribution in [2.24, 2.45) is 5.92 Å². The minimum atomic E-state index is -0.595. The lowest BCUT2D eigenvalue weighted by Gasteiger charge is -2.37. The van der Waals surface area contributed by atoms with Gasteiger partial charge >= 0.3 is 0 Å².